The summed E-state index contributed by atoms with van der Waals surface area (Å²) in [6.45, 7) is 5.25. The van der Waals surface area contributed by atoms with Crippen molar-refractivity contribution in [2.24, 2.45) is 0 Å². The van der Waals surface area contributed by atoms with Crippen LogP contribution in [0.25, 0.3) is 0 Å². The van der Waals surface area contributed by atoms with E-state index in [1.165, 1.54) is 24.1 Å². The molecule has 10 heteroatoms. The second-order valence-corrected chi connectivity index (χ2v) is 13.9. The highest BCUT2D eigenvalue weighted by Gasteiger charge is 2.35. The van der Waals surface area contributed by atoms with E-state index in [1.807, 2.05) is 81.4 Å². The maximum Gasteiger partial charge on any atom is 0.264 e. The van der Waals surface area contributed by atoms with E-state index >= 15 is 0 Å². The number of aryl methyl sites for hydroxylation is 1. The van der Waals surface area contributed by atoms with Crippen LogP contribution in [0.4, 0.5) is 5.69 Å². The van der Waals surface area contributed by atoms with E-state index in [2.05, 4.69) is 21.2 Å². The zero-order chi connectivity index (χ0) is 33.3. The number of methoxy groups -OCH3 is 1. The van der Waals surface area contributed by atoms with Gasteiger partial charge in [0.05, 0.1) is 17.7 Å². The lowest BCUT2D eigenvalue weighted by Gasteiger charge is -2.34. The van der Waals surface area contributed by atoms with E-state index < -0.39 is 28.5 Å². The third-order valence-corrected chi connectivity index (χ3v) is 10.1. The SMILES string of the molecule is CC[C@H](C)NC(=O)[C@H](Cc1ccccc1)N(Cc1ccc(Br)cc1)C(=O)CN(c1cc(C)ccc1OC)S(=O)(=O)c1ccccc1. The molecule has 0 aliphatic carbocycles. The summed E-state index contributed by atoms with van der Waals surface area (Å²) in [4.78, 5) is 30.1. The quantitative estimate of drug-likeness (QED) is 0.161. The number of amides is 2. The summed E-state index contributed by atoms with van der Waals surface area (Å²) >= 11 is 3.46. The van der Waals surface area contributed by atoms with Crippen molar-refractivity contribution in [2.45, 2.75) is 57.1 Å². The molecule has 0 heterocycles. The first-order valence-electron chi connectivity index (χ1n) is 15.1. The van der Waals surface area contributed by atoms with Gasteiger partial charge in [0, 0.05) is 23.5 Å². The molecule has 4 aromatic carbocycles. The summed E-state index contributed by atoms with van der Waals surface area (Å²) in [6, 6.07) is 29.1. The monoisotopic (exact) mass is 705 g/mol. The number of ether oxygens (including phenoxy) is 1. The highest BCUT2D eigenvalue weighted by molar-refractivity contribution is 9.10. The fourth-order valence-corrected chi connectivity index (χ4v) is 6.71. The van der Waals surface area contributed by atoms with Crippen molar-refractivity contribution in [3.63, 3.8) is 0 Å². The van der Waals surface area contributed by atoms with Crippen LogP contribution in [0.3, 0.4) is 0 Å². The van der Waals surface area contributed by atoms with Gasteiger partial charge in [-0.3, -0.25) is 13.9 Å². The van der Waals surface area contributed by atoms with Crippen molar-refractivity contribution >= 4 is 43.5 Å². The topological polar surface area (TPSA) is 96.0 Å². The van der Waals surface area contributed by atoms with Crippen LogP contribution in [0.2, 0.25) is 0 Å². The average molecular weight is 707 g/mol. The molecule has 242 valence electrons. The van der Waals surface area contributed by atoms with Crippen LogP contribution < -0.4 is 14.4 Å². The maximum atomic E-state index is 14.6. The number of sulfonamides is 1. The van der Waals surface area contributed by atoms with Crippen molar-refractivity contribution in [1.29, 1.82) is 0 Å². The third-order valence-electron chi connectivity index (χ3n) is 7.75. The van der Waals surface area contributed by atoms with Crippen LogP contribution in [0, 0.1) is 6.92 Å². The van der Waals surface area contributed by atoms with E-state index in [1.54, 1.807) is 30.3 Å². The number of anilines is 1. The Morgan fingerprint density at radius 3 is 2.13 bits per heavy atom. The molecule has 0 fully saturated rings. The molecule has 2 amide bonds. The van der Waals surface area contributed by atoms with Crippen molar-refractivity contribution in [1.82, 2.24) is 10.2 Å². The normalized spacial score (nSPS) is 12.5. The molecule has 0 bridgehead atoms. The molecular weight excluding hydrogens is 666 g/mol. The van der Waals surface area contributed by atoms with Crippen LogP contribution in [0.1, 0.15) is 37.0 Å². The standard InChI is InChI=1S/C36H40BrN3O5S/c1-5-27(3)38-36(42)33(23-28-12-8-6-9-13-28)39(24-29-17-19-30(37)20-18-29)35(41)25-40(32-22-26(2)16-21-34(32)45-4)46(43,44)31-14-10-7-11-15-31/h6-22,27,33H,5,23-25H2,1-4H3,(H,38,42)/t27-,33-/m0/s1. The van der Waals surface area contributed by atoms with E-state index in [-0.39, 0.29) is 35.5 Å². The van der Waals surface area contributed by atoms with Gasteiger partial charge in [-0.1, -0.05) is 89.6 Å². The van der Waals surface area contributed by atoms with Gasteiger partial charge in [-0.25, -0.2) is 8.42 Å². The Morgan fingerprint density at radius 1 is 0.891 bits per heavy atom. The van der Waals surface area contributed by atoms with Crippen LogP contribution in [0.15, 0.2) is 112 Å². The summed E-state index contributed by atoms with van der Waals surface area (Å²) in [7, 11) is -2.78. The summed E-state index contributed by atoms with van der Waals surface area (Å²) in [5.41, 5.74) is 2.68. The molecule has 0 aromatic heterocycles. The molecule has 0 aliphatic heterocycles. The number of rotatable bonds is 14. The fourth-order valence-electron chi connectivity index (χ4n) is 5.01. The molecule has 4 aromatic rings. The van der Waals surface area contributed by atoms with Crippen molar-refractivity contribution in [3.8, 4) is 5.75 Å². The summed E-state index contributed by atoms with van der Waals surface area (Å²) in [5.74, 6) is -0.548. The largest absolute Gasteiger partial charge is 0.495 e. The second kappa shape index (κ2) is 15.9. The number of hydrogen-bond donors (Lipinski definition) is 1. The molecule has 4 rings (SSSR count). The molecular formula is C36H40BrN3O5S. The Balaban J connectivity index is 1.84. The molecule has 1 N–H and O–H groups in total. The van der Waals surface area contributed by atoms with Gasteiger partial charge in [-0.2, -0.15) is 0 Å². The first kappa shape index (κ1) is 34.7. The first-order chi connectivity index (χ1) is 22.0. The van der Waals surface area contributed by atoms with Gasteiger partial charge in [-0.15, -0.1) is 0 Å². The minimum absolute atomic E-state index is 0.0289. The number of hydrogen-bond acceptors (Lipinski definition) is 5. The molecule has 0 saturated heterocycles. The minimum Gasteiger partial charge on any atom is -0.495 e. The molecule has 0 aliphatic rings. The zero-order valence-electron chi connectivity index (χ0n) is 26.5. The number of benzene rings is 4. The van der Waals surface area contributed by atoms with E-state index in [9.17, 15) is 18.0 Å². The number of nitrogens with zero attached hydrogens (tertiary/aromatic N) is 2. The van der Waals surface area contributed by atoms with E-state index in [0.717, 1.165) is 25.5 Å². The van der Waals surface area contributed by atoms with Gasteiger partial charge in [0.2, 0.25) is 11.8 Å². The Hall–Kier alpha value is -4.15. The highest BCUT2D eigenvalue weighted by atomic mass is 79.9. The van der Waals surface area contributed by atoms with Crippen molar-refractivity contribution in [3.05, 3.63) is 124 Å². The van der Waals surface area contributed by atoms with Crippen molar-refractivity contribution < 1.29 is 22.7 Å². The Kier molecular flexibility index (Phi) is 12.0. The summed E-state index contributed by atoms with van der Waals surface area (Å²) in [5, 5.41) is 3.05. The van der Waals surface area contributed by atoms with E-state index in [4.69, 9.17) is 4.74 Å². The summed E-state index contributed by atoms with van der Waals surface area (Å²) < 4.78 is 36.1. The van der Waals surface area contributed by atoms with Crippen LogP contribution >= 0.6 is 15.9 Å². The Bertz CT molecular complexity index is 1720. The molecule has 0 saturated carbocycles. The fraction of sp³-hybridized carbons (Fsp3) is 0.278. The first-order valence-corrected chi connectivity index (χ1v) is 17.4. The van der Waals surface area contributed by atoms with Gasteiger partial charge in [0.1, 0.15) is 18.3 Å². The molecule has 0 unspecified atom stereocenters. The van der Waals surface area contributed by atoms with Gasteiger partial charge >= 0.3 is 0 Å². The lowest BCUT2D eigenvalue weighted by molar-refractivity contribution is -0.140. The predicted molar refractivity (Wildman–Crippen MR) is 185 cm³/mol. The maximum absolute atomic E-state index is 14.6. The van der Waals surface area contributed by atoms with Gasteiger partial charge in [0.15, 0.2) is 0 Å². The third kappa shape index (κ3) is 8.76. The molecule has 2 atom stereocenters. The molecule has 8 nitrogen and oxygen atoms in total. The zero-order valence-corrected chi connectivity index (χ0v) is 28.9. The Labute approximate surface area is 280 Å². The number of carbonyl (C=O) groups is 2. The molecule has 46 heavy (non-hydrogen) atoms. The van der Waals surface area contributed by atoms with Crippen LogP contribution in [0.5, 0.6) is 5.75 Å². The average Bonchev–Trinajstić information content (AvgIpc) is 3.06. The second-order valence-electron chi connectivity index (χ2n) is 11.2. The number of halogens is 1. The van der Waals surface area contributed by atoms with E-state index in [0.29, 0.717) is 12.2 Å². The predicted octanol–water partition coefficient (Wildman–Crippen LogP) is 6.52. The highest BCUT2D eigenvalue weighted by Crippen LogP contribution is 2.34. The van der Waals surface area contributed by atoms with Gasteiger partial charge in [0.25, 0.3) is 10.0 Å². The minimum atomic E-state index is -4.24. The number of carbonyl (C=O) groups excluding carboxylic acids is 2. The van der Waals surface area contributed by atoms with Gasteiger partial charge < -0.3 is 15.0 Å². The lowest BCUT2D eigenvalue weighted by Crippen LogP contribution is -2.54. The lowest BCUT2D eigenvalue weighted by atomic mass is 10.0. The smallest absolute Gasteiger partial charge is 0.264 e. The van der Waals surface area contributed by atoms with Gasteiger partial charge in [-0.05, 0) is 73.4 Å². The molecule has 0 spiro atoms. The number of nitrogens with one attached hydrogen (secondary N) is 1. The van der Waals surface area contributed by atoms with Crippen molar-refractivity contribution in [2.75, 3.05) is 18.0 Å². The Morgan fingerprint density at radius 2 is 1.52 bits per heavy atom. The van der Waals surface area contributed by atoms with Crippen LogP contribution in [-0.2, 0) is 32.6 Å². The van der Waals surface area contributed by atoms with Crippen LogP contribution in [-0.4, -0.2) is 50.9 Å². The molecule has 0 radical (unpaired) electrons. The summed E-state index contributed by atoms with van der Waals surface area (Å²) in [6.07, 6.45) is 0.950.